The first-order valence-corrected chi connectivity index (χ1v) is 22.6. The molecular formula is C47H70N8O11. The van der Waals surface area contributed by atoms with Crippen LogP contribution >= 0.6 is 0 Å². The minimum Gasteiger partial charge on any atom is -0.467 e. The lowest BCUT2D eigenvalue weighted by Gasteiger charge is -2.33. The predicted octanol–water partition coefficient (Wildman–Crippen LogP) is -0.251. The van der Waals surface area contributed by atoms with Crippen LogP contribution in [0.5, 0.6) is 0 Å². The molecule has 0 aromatic heterocycles. The van der Waals surface area contributed by atoms with Gasteiger partial charge < -0.3 is 52.6 Å². The second kappa shape index (κ2) is 27.5. The number of aliphatic hydroxyl groups excluding tert-OH is 2. The van der Waals surface area contributed by atoms with Gasteiger partial charge in [-0.15, -0.1) is 0 Å². The molecular weight excluding hydrogens is 853 g/mol. The minimum atomic E-state index is -1.54. The fourth-order valence-corrected chi connectivity index (χ4v) is 7.80. The Morgan fingerprint density at radius 2 is 1.35 bits per heavy atom. The molecule has 2 aromatic rings. The molecule has 0 bridgehead atoms. The third-order valence-corrected chi connectivity index (χ3v) is 11.6. The Bertz CT molecular complexity index is 1920. The number of aliphatic hydroxyl groups is 2. The number of carbonyl (C=O) groups excluding carboxylic acids is 8. The number of likely N-dealkylation sites (tertiary alicyclic amines) is 1. The van der Waals surface area contributed by atoms with Crippen molar-refractivity contribution in [3.63, 3.8) is 0 Å². The number of β-amino-alcohol motifs (C(OH)–C–C–N with tert-alkyl or cyclic N) is 1. The van der Waals surface area contributed by atoms with Crippen molar-refractivity contribution in [1.82, 2.24) is 36.8 Å². The van der Waals surface area contributed by atoms with Crippen molar-refractivity contribution in [2.75, 3.05) is 26.8 Å². The number of methoxy groups -OCH3 is 1. The average Bonchev–Trinajstić information content (AvgIpc) is 3.75. The van der Waals surface area contributed by atoms with E-state index in [1.165, 1.54) is 7.11 Å². The third kappa shape index (κ3) is 17.8. The molecule has 0 radical (unpaired) electrons. The number of carbonyl (C=O) groups is 8. The van der Waals surface area contributed by atoms with Crippen molar-refractivity contribution in [3.8, 4) is 0 Å². The highest BCUT2D eigenvalue weighted by atomic mass is 16.5. The highest BCUT2D eigenvalue weighted by Crippen LogP contribution is 2.21. The van der Waals surface area contributed by atoms with Gasteiger partial charge in [-0.1, -0.05) is 94.8 Å². The van der Waals surface area contributed by atoms with Crippen LogP contribution in [0.25, 0.3) is 0 Å². The molecule has 2 aromatic carbocycles. The van der Waals surface area contributed by atoms with Crippen LogP contribution in [0.1, 0.15) is 84.3 Å². The largest absolute Gasteiger partial charge is 0.467 e. The van der Waals surface area contributed by atoms with Crippen LogP contribution in [0.2, 0.25) is 0 Å². The van der Waals surface area contributed by atoms with Gasteiger partial charge in [0, 0.05) is 13.5 Å². The van der Waals surface area contributed by atoms with Crippen molar-refractivity contribution in [3.05, 3.63) is 71.8 Å². The predicted molar refractivity (Wildman–Crippen MR) is 245 cm³/mol. The monoisotopic (exact) mass is 923 g/mol. The smallest absolute Gasteiger partial charge is 0.328 e. The molecule has 1 saturated heterocycles. The van der Waals surface area contributed by atoms with E-state index >= 15 is 0 Å². The van der Waals surface area contributed by atoms with Crippen LogP contribution in [-0.2, 0) is 55.9 Å². The maximum Gasteiger partial charge on any atom is 0.328 e. The Kier molecular flexibility index (Phi) is 22.7. The summed E-state index contributed by atoms with van der Waals surface area (Å²) < 4.78 is 5.00. The second-order valence-electron chi connectivity index (χ2n) is 17.4. The molecule has 1 heterocycles. The van der Waals surface area contributed by atoms with E-state index in [0.29, 0.717) is 32.2 Å². The molecule has 9 atom stereocenters. The van der Waals surface area contributed by atoms with Crippen LogP contribution in [0, 0.1) is 11.8 Å². The SMILES string of the molecule is CCC(C)C(NC(=O)C1CCCN1CC(O)[C@H](Cc1ccccc1)NC(=O)C(CC(N)=O)NC(=O)C(CC(C)C)NC(=O)C(CO)NC(C)=O)C(=O)NC(CCc1ccccc1)C(=O)OC. The van der Waals surface area contributed by atoms with E-state index in [1.807, 2.05) is 44.2 Å². The van der Waals surface area contributed by atoms with Crippen LogP contribution in [0.3, 0.4) is 0 Å². The third-order valence-electron chi connectivity index (χ3n) is 11.6. The molecule has 66 heavy (non-hydrogen) atoms. The molecule has 364 valence electrons. The summed E-state index contributed by atoms with van der Waals surface area (Å²) in [6, 6.07) is 10.6. The van der Waals surface area contributed by atoms with Crippen molar-refractivity contribution in [2.24, 2.45) is 17.6 Å². The van der Waals surface area contributed by atoms with Crippen molar-refractivity contribution < 1.29 is 53.3 Å². The summed E-state index contributed by atoms with van der Waals surface area (Å²) in [6.07, 6.45) is 0.575. The molecule has 0 saturated carbocycles. The summed E-state index contributed by atoms with van der Waals surface area (Å²) >= 11 is 0. The number of nitrogens with zero attached hydrogens (tertiary/aromatic N) is 1. The van der Waals surface area contributed by atoms with Gasteiger partial charge in [0.25, 0.3) is 0 Å². The standard InChI is InChI=1S/C47H70N8O11/c1-7-29(4)41(46(64)50-33(47(65)66-6)21-20-31-15-10-8-11-16-31)54-45(63)38-19-14-22-55(38)26-39(58)34(24-32-17-12-9-13-18-32)51-43(61)36(25-40(48)59)53-42(60)35(23-28(2)3)52-44(62)37(27-56)49-30(5)57/h8-13,15-18,28-29,33-39,41,56,58H,7,14,19-27H2,1-6H3,(H2,48,59)(H,49,57)(H,50,64)(H,51,61)(H,52,62)(H,53,60)(H,54,63)/t29?,33?,34-,35?,36?,37?,38?,39?,41?/m0/s1. The number of nitrogens with two attached hydrogens (primary N) is 1. The zero-order valence-corrected chi connectivity index (χ0v) is 38.9. The topological polar surface area (TPSA) is 288 Å². The normalized spacial score (nSPS) is 17.4. The highest BCUT2D eigenvalue weighted by molar-refractivity contribution is 5.96. The number of primary amides is 1. The molecule has 8 unspecified atom stereocenters. The summed E-state index contributed by atoms with van der Waals surface area (Å²) in [6.45, 7) is 8.03. The quantitative estimate of drug-likeness (QED) is 0.0525. The van der Waals surface area contributed by atoms with Crippen LogP contribution < -0.4 is 37.6 Å². The summed E-state index contributed by atoms with van der Waals surface area (Å²) in [5.41, 5.74) is 7.24. The van der Waals surface area contributed by atoms with Gasteiger partial charge in [-0.05, 0) is 68.0 Å². The molecule has 1 aliphatic heterocycles. The number of nitrogens with one attached hydrogen (secondary N) is 6. The molecule has 19 heteroatoms. The Balaban J connectivity index is 1.81. The lowest BCUT2D eigenvalue weighted by molar-refractivity contribution is -0.145. The molecule has 10 N–H and O–H groups in total. The van der Waals surface area contributed by atoms with Crippen LogP contribution in [0.15, 0.2) is 60.7 Å². The molecule has 1 fully saturated rings. The molecule has 0 aliphatic carbocycles. The van der Waals surface area contributed by atoms with E-state index < -0.39 is 109 Å². The van der Waals surface area contributed by atoms with Gasteiger partial charge in [-0.3, -0.25) is 38.5 Å². The zero-order valence-electron chi connectivity index (χ0n) is 38.9. The summed E-state index contributed by atoms with van der Waals surface area (Å²) in [4.78, 5) is 107. The van der Waals surface area contributed by atoms with Gasteiger partial charge in [-0.2, -0.15) is 0 Å². The molecule has 7 amide bonds. The fourth-order valence-electron chi connectivity index (χ4n) is 7.80. The number of hydrogen-bond acceptors (Lipinski definition) is 12. The van der Waals surface area contributed by atoms with E-state index in [-0.39, 0.29) is 37.6 Å². The summed E-state index contributed by atoms with van der Waals surface area (Å²) in [5, 5.41) is 37.4. The van der Waals surface area contributed by atoms with E-state index in [2.05, 4.69) is 31.9 Å². The van der Waals surface area contributed by atoms with Crippen molar-refractivity contribution in [2.45, 2.75) is 134 Å². The van der Waals surface area contributed by atoms with Gasteiger partial charge in [-0.25, -0.2) is 4.79 Å². The number of benzene rings is 2. The highest BCUT2D eigenvalue weighted by Gasteiger charge is 2.38. The number of rotatable bonds is 27. The van der Waals surface area contributed by atoms with Gasteiger partial charge in [0.15, 0.2) is 0 Å². The van der Waals surface area contributed by atoms with E-state index in [9.17, 15) is 48.6 Å². The number of esters is 1. The first kappa shape index (κ1) is 54.4. The number of amides is 7. The molecule has 0 spiro atoms. The van der Waals surface area contributed by atoms with Crippen molar-refractivity contribution in [1.29, 1.82) is 0 Å². The summed E-state index contributed by atoms with van der Waals surface area (Å²) in [5.74, 6) is -6.09. The van der Waals surface area contributed by atoms with Crippen LogP contribution in [-0.4, -0.2) is 138 Å². The van der Waals surface area contributed by atoms with Gasteiger partial charge >= 0.3 is 5.97 Å². The van der Waals surface area contributed by atoms with Crippen LogP contribution in [0.4, 0.5) is 0 Å². The lowest BCUT2D eigenvalue weighted by Crippen LogP contribution is -2.60. The first-order chi connectivity index (χ1) is 31.4. The Labute approximate surface area is 387 Å². The number of hydrogen-bond donors (Lipinski definition) is 9. The Morgan fingerprint density at radius 3 is 1.91 bits per heavy atom. The van der Waals surface area contributed by atoms with E-state index in [1.54, 1.807) is 49.1 Å². The Hall–Kier alpha value is -5.92. The van der Waals surface area contributed by atoms with Gasteiger partial charge in [0.1, 0.15) is 30.2 Å². The number of ether oxygens (including phenoxy) is 1. The summed E-state index contributed by atoms with van der Waals surface area (Å²) in [7, 11) is 1.25. The maximum absolute atomic E-state index is 14.1. The number of aryl methyl sites for hydroxylation is 1. The first-order valence-electron chi connectivity index (χ1n) is 22.6. The minimum absolute atomic E-state index is 0.0877. The fraction of sp³-hybridized carbons (Fsp3) is 0.574. The van der Waals surface area contributed by atoms with Gasteiger partial charge in [0.05, 0.1) is 38.3 Å². The maximum atomic E-state index is 14.1. The van der Waals surface area contributed by atoms with E-state index in [4.69, 9.17) is 10.5 Å². The average molecular weight is 923 g/mol. The molecule has 3 rings (SSSR count). The van der Waals surface area contributed by atoms with E-state index in [0.717, 1.165) is 18.1 Å². The molecule has 1 aliphatic rings. The van der Waals surface area contributed by atoms with Gasteiger partial charge in [0.2, 0.25) is 41.4 Å². The van der Waals surface area contributed by atoms with Crippen molar-refractivity contribution >= 4 is 47.3 Å². The lowest BCUT2D eigenvalue weighted by atomic mass is 9.96. The zero-order chi connectivity index (χ0) is 48.9. The second-order valence-corrected chi connectivity index (χ2v) is 17.4. The molecule has 19 nitrogen and oxygen atoms in total. The Morgan fingerprint density at radius 1 is 0.773 bits per heavy atom.